The van der Waals surface area contributed by atoms with Gasteiger partial charge in [-0.1, -0.05) is 25.9 Å². The summed E-state index contributed by atoms with van der Waals surface area (Å²) >= 11 is 0. The summed E-state index contributed by atoms with van der Waals surface area (Å²) in [5.74, 6) is 1.32. The van der Waals surface area contributed by atoms with Crippen LogP contribution in [-0.4, -0.2) is 29.4 Å². The van der Waals surface area contributed by atoms with Gasteiger partial charge in [0.15, 0.2) is 5.82 Å². The summed E-state index contributed by atoms with van der Waals surface area (Å²) < 4.78 is 10.4. The standard InChI is InChI=1S/C13H25N3O2/c1-5-17-7-6-11-15-12(18-16-11)8-10(14)9-13(2,3)4/h10H,5-9,14H2,1-4H3. The van der Waals surface area contributed by atoms with Crippen LogP contribution >= 0.6 is 0 Å². The number of nitrogens with zero attached hydrogens (tertiary/aromatic N) is 2. The summed E-state index contributed by atoms with van der Waals surface area (Å²) in [6.07, 6.45) is 2.26. The fourth-order valence-corrected chi connectivity index (χ4v) is 1.87. The molecule has 0 aromatic carbocycles. The van der Waals surface area contributed by atoms with Crippen molar-refractivity contribution in [2.24, 2.45) is 11.1 Å². The van der Waals surface area contributed by atoms with Gasteiger partial charge in [0.25, 0.3) is 0 Å². The molecule has 5 nitrogen and oxygen atoms in total. The summed E-state index contributed by atoms with van der Waals surface area (Å²) in [5.41, 5.74) is 6.29. The fourth-order valence-electron chi connectivity index (χ4n) is 1.87. The highest BCUT2D eigenvalue weighted by Gasteiger charge is 2.18. The lowest BCUT2D eigenvalue weighted by molar-refractivity contribution is 0.149. The molecule has 0 bridgehead atoms. The summed E-state index contributed by atoms with van der Waals surface area (Å²) in [5, 5.41) is 3.92. The Morgan fingerprint density at radius 2 is 2.11 bits per heavy atom. The predicted octanol–water partition coefficient (Wildman–Crippen LogP) is 1.95. The van der Waals surface area contributed by atoms with E-state index in [4.69, 9.17) is 15.0 Å². The Labute approximate surface area is 109 Å². The van der Waals surface area contributed by atoms with Gasteiger partial charge in [0.2, 0.25) is 5.89 Å². The highest BCUT2D eigenvalue weighted by molar-refractivity contribution is 4.90. The van der Waals surface area contributed by atoms with E-state index in [1.807, 2.05) is 6.92 Å². The van der Waals surface area contributed by atoms with E-state index in [2.05, 4.69) is 30.9 Å². The Hall–Kier alpha value is -0.940. The molecule has 1 aromatic rings. The van der Waals surface area contributed by atoms with Gasteiger partial charge in [0.1, 0.15) is 0 Å². The van der Waals surface area contributed by atoms with E-state index in [9.17, 15) is 0 Å². The molecule has 0 saturated carbocycles. The molecule has 0 spiro atoms. The largest absolute Gasteiger partial charge is 0.381 e. The molecule has 1 atom stereocenters. The summed E-state index contributed by atoms with van der Waals surface area (Å²) in [6, 6.07) is 0.0604. The van der Waals surface area contributed by atoms with Crippen LogP contribution < -0.4 is 5.73 Å². The normalized spacial score (nSPS) is 13.8. The first kappa shape index (κ1) is 15.1. The van der Waals surface area contributed by atoms with Crippen LogP contribution in [0.2, 0.25) is 0 Å². The van der Waals surface area contributed by atoms with Crippen molar-refractivity contribution in [1.82, 2.24) is 10.1 Å². The molecule has 1 heterocycles. The first-order chi connectivity index (χ1) is 8.40. The van der Waals surface area contributed by atoms with Gasteiger partial charge in [-0.05, 0) is 18.8 Å². The Kier molecular flexibility index (Phi) is 5.75. The molecule has 0 aliphatic rings. The molecular weight excluding hydrogens is 230 g/mol. The highest BCUT2D eigenvalue weighted by atomic mass is 16.5. The molecule has 1 aromatic heterocycles. The van der Waals surface area contributed by atoms with Crippen molar-refractivity contribution in [3.8, 4) is 0 Å². The number of aromatic nitrogens is 2. The van der Waals surface area contributed by atoms with E-state index in [1.54, 1.807) is 0 Å². The van der Waals surface area contributed by atoms with Crippen molar-refractivity contribution >= 4 is 0 Å². The second kappa shape index (κ2) is 6.85. The van der Waals surface area contributed by atoms with Crippen LogP contribution in [0.15, 0.2) is 4.52 Å². The number of ether oxygens (including phenoxy) is 1. The van der Waals surface area contributed by atoms with Gasteiger partial charge in [-0.25, -0.2) is 0 Å². The van der Waals surface area contributed by atoms with E-state index in [0.29, 0.717) is 37.8 Å². The summed E-state index contributed by atoms with van der Waals surface area (Å²) in [6.45, 7) is 9.83. The SMILES string of the molecule is CCOCCc1noc(CC(N)CC(C)(C)C)n1. The fraction of sp³-hybridized carbons (Fsp3) is 0.846. The average molecular weight is 255 g/mol. The van der Waals surface area contributed by atoms with E-state index >= 15 is 0 Å². The van der Waals surface area contributed by atoms with Crippen molar-refractivity contribution in [1.29, 1.82) is 0 Å². The molecular formula is C13H25N3O2. The minimum atomic E-state index is 0.0604. The van der Waals surface area contributed by atoms with E-state index < -0.39 is 0 Å². The maximum absolute atomic E-state index is 6.07. The van der Waals surface area contributed by atoms with Crippen LogP contribution in [-0.2, 0) is 17.6 Å². The molecule has 104 valence electrons. The number of hydrogen-bond acceptors (Lipinski definition) is 5. The van der Waals surface area contributed by atoms with Crippen molar-refractivity contribution < 1.29 is 9.26 Å². The molecule has 2 N–H and O–H groups in total. The van der Waals surface area contributed by atoms with E-state index in [-0.39, 0.29) is 11.5 Å². The summed E-state index contributed by atoms with van der Waals surface area (Å²) in [7, 11) is 0. The molecule has 18 heavy (non-hydrogen) atoms. The third kappa shape index (κ3) is 6.12. The second-order valence-corrected chi connectivity index (χ2v) is 5.78. The summed E-state index contributed by atoms with van der Waals surface area (Å²) in [4.78, 5) is 4.31. The van der Waals surface area contributed by atoms with Gasteiger partial charge in [-0.3, -0.25) is 0 Å². The first-order valence-electron chi connectivity index (χ1n) is 6.55. The maximum Gasteiger partial charge on any atom is 0.228 e. The third-order valence-corrected chi connectivity index (χ3v) is 2.50. The zero-order valence-electron chi connectivity index (χ0n) is 11.9. The minimum absolute atomic E-state index is 0.0604. The lowest BCUT2D eigenvalue weighted by Gasteiger charge is -2.21. The molecule has 0 fully saturated rings. The maximum atomic E-state index is 6.07. The minimum Gasteiger partial charge on any atom is -0.381 e. The number of nitrogens with two attached hydrogens (primary N) is 1. The van der Waals surface area contributed by atoms with Gasteiger partial charge in [0.05, 0.1) is 6.61 Å². The topological polar surface area (TPSA) is 74.2 Å². The third-order valence-electron chi connectivity index (χ3n) is 2.50. The molecule has 5 heteroatoms. The van der Waals surface area contributed by atoms with Gasteiger partial charge >= 0.3 is 0 Å². The van der Waals surface area contributed by atoms with Crippen molar-refractivity contribution in [3.63, 3.8) is 0 Å². The van der Waals surface area contributed by atoms with Gasteiger partial charge in [0, 0.05) is 25.5 Å². The molecule has 0 radical (unpaired) electrons. The van der Waals surface area contributed by atoms with Crippen LogP contribution in [0.1, 0.15) is 45.8 Å². The molecule has 1 unspecified atom stereocenters. The predicted molar refractivity (Wildman–Crippen MR) is 70.2 cm³/mol. The lowest BCUT2D eigenvalue weighted by atomic mass is 9.87. The Bertz CT molecular complexity index is 344. The highest BCUT2D eigenvalue weighted by Crippen LogP contribution is 2.21. The Morgan fingerprint density at radius 3 is 2.72 bits per heavy atom. The monoisotopic (exact) mass is 255 g/mol. The zero-order chi connectivity index (χ0) is 13.6. The van der Waals surface area contributed by atoms with Crippen molar-refractivity contribution in [3.05, 3.63) is 11.7 Å². The van der Waals surface area contributed by atoms with Crippen LogP contribution in [0.3, 0.4) is 0 Å². The molecule has 0 saturated heterocycles. The van der Waals surface area contributed by atoms with Gasteiger partial charge < -0.3 is 15.0 Å². The molecule has 0 aliphatic carbocycles. The molecule has 0 aliphatic heterocycles. The quantitative estimate of drug-likeness (QED) is 0.754. The number of rotatable bonds is 7. The van der Waals surface area contributed by atoms with Crippen LogP contribution in [0.25, 0.3) is 0 Å². The first-order valence-corrected chi connectivity index (χ1v) is 6.55. The van der Waals surface area contributed by atoms with Crippen LogP contribution in [0.5, 0.6) is 0 Å². The molecule has 1 rings (SSSR count). The number of hydrogen-bond donors (Lipinski definition) is 1. The second-order valence-electron chi connectivity index (χ2n) is 5.78. The van der Waals surface area contributed by atoms with E-state index in [1.165, 1.54) is 0 Å². The van der Waals surface area contributed by atoms with Crippen molar-refractivity contribution in [2.45, 2.75) is 53.0 Å². The zero-order valence-corrected chi connectivity index (χ0v) is 11.9. The average Bonchev–Trinajstić information content (AvgIpc) is 2.63. The smallest absolute Gasteiger partial charge is 0.228 e. The van der Waals surface area contributed by atoms with Crippen LogP contribution in [0.4, 0.5) is 0 Å². The van der Waals surface area contributed by atoms with Gasteiger partial charge in [-0.2, -0.15) is 4.98 Å². The lowest BCUT2D eigenvalue weighted by Crippen LogP contribution is -2.28. The van der Waals surface area contributed by atoms with Gasteiger partial charge in [-0.15, -0.1) is 0 Å². The van der Waals surface area contributed by atoms with Crippen molar-refractivity contribution in [2.75, 3.05) is 13.2 Å². The Morgan fingerprint density at radius 1 is 1.39 bits per heavy atom. The molecule has 0 amide bonds. The van der Waals surface area contributed by atoms with Crippen LogP contribution in [0, 0.1) is 5.41 Å². The Balaban J connectivity index is 2.38. The van der Waals surface area contributed by atoms with E-state index in [0.717, 1.165) is 6.42 Å².